The molecule has 0 spiro atoms. The van der Waals surface area contributed by atoms with Crippen LogP contribution in [0.4, 0.5) is 5.82 Å². The van der Waals surface area contributed by atoms with Crippen LogP contribution in [0.15, 0.2) is 12.4 Å². The zero-order chi connectivity index (χ0) is 16.1. The van der Waals surface area contributed by atoms with Gasteiger partial charge in [-0.25, -0.2) is 14.8 Å². The molecule has 0 radical (unpaired) electrons. The number of anilines is 1. The molecular formula is C15H22N4O3. The van der Waals surface area contributed by atoms with Crippen LogP contribution in [0.3, 0.4) is 0 Å². The molecule has 0 unspecified atom stereocenters. The molecule has 1 fully saturated rings. The fourth-order valence-corrected chi connectivity index (χ4v) is 2.52. The Balaban J connectivity index is 2.03. The van der Waals surface area contributed by atoms with E-state index in [1.165, 1.54) is 12.4 Å². The zero-order valence-electron chi connectivity index (χ0n) is 12.9. The van der Waals surface area contributed by atoms with Gasteiger partial charge in [0.25, 0.3) is 5.91 Å². The Bertz CT molecular complexity index is 541. The third-order valence-electron chi connectivity index (χ3n) is 3.72. The highest BCUT2D eigenvalue weighted by atomic mass is 16.5. The van der Waals surface area contributed by atoms with Crippen LogP contribution >= 0.6 is 0 Å². The highest BCUT2D eigenvalue weighted by Crippen LogP contribution is 2.19. The maximum Gasteiger partial charge on any atom is 0.361 e. The lowest BCUT2D eigenvalue weighted by Gasteiger charge is -2.22. The summed E-state index contributed by atoms with van der Waals surface area (Å²) in [4.78, 5) is 32.1. The molecular weight excluding hydrogens is 284 g/mol. The minimum Gasteiger partial charge on any atom is -0.447 e. The van der Waals surface area contributed by atoms with Crippen molar-refractivity contribution in [1.82, 2.24) is 15.3 Å². The number of amides is 1. The van der Waals surface area contributed by atoms with Gasteiger partial charge < -0.3 is 15.8 Å². The van der Waals surface area contributed by atoms with Crippen LogP contribution in [0.2, 0.25) is 0 Å². The quantitative estimate of drug-likeness (QED) is 0.794. The number of aromatic nitrogens is 2. The van der Waals surface area contributed by atoms with Crippen molar-refractivity contribution in [3.05, 3.63) is 18.1 Å². The summed E-state index contributed by atoms with van der Waals surface area (Å²) < 4.78 is 5.32. The first-order valence-electron chi connectivity index (χ1n) is 7.57. The SMILES string of the molecule is CC(C)[C@@H](OC(=O)c1nccnc1N)C(=O)NC1CCCC1. The van der Waals surface area contributed by atoms with Gasteiger partial charge in [-0.3, -0.25) is 4.79 Å². The minimum atomic E-state index is -0.866. The average Bonchev–Trinajstić information content (AvgIpc) is 2.97. The molecule has 7 nitrogen and oxygen atoms in total. The number of rotatable bonds is 5. The standard InChI is InChI=1S/C15H22N4O3/c1-9(2)12(14(20)19-10-5-3-4-6-10)22-15(21)11-13(16)18-8-7-17-11/h7-10,12H,3-6H2,1-2H3,(H2,16,18)(H,19,20)/t12-/m1/s1. The molecule has 1 atom stereocenters. The molecule has 1 heterocycles. The Morgan fingerprint density at radius 2 is 1.91 bits per heavy atom. The first-order valence-corrected chi connectivity index (χ1v) is 7.57. The normalized spacial score (nSPS) is 16.5. The number of nitrogen functional groups attached to an aromatic ring is 1. The van der Waals surface area contributed by atoms with Crippen LogP contribution in [0.25, 0.3) is 0 Å². The van der Waals surface area contributed by atoms with Gasteiger partial charge in [-0.1, -0.05) is 26.7 Å². The zero-order valence-corrected chi connectivity index (χ0v) is 12.9. The van der Waals surface area contributed by atoms with E-state index in [1.54, 1.807) is 0 Å². The maximum atomic E-state index is 12.3. The van der Waals surface area contributed by atoms with Gasteiger partial charge in [-0.2, -0.15) is 0 Å². The molecule has 0 aliphatic heterocycles. The molecule has 3 N–H and O–H groups in total. The first kappa shape index (κ1) is 16.2. The topological polar surface area (TPSA) is 107 Å². The predicted molar refractivity (Wildman–Crippen MR) is 80.9 cm³/mol. The number of nitrogens with zero attached hydrogens (tertiary/aromatic N) is 2. The first-order chi connectivity index (χ1) is 10.5. The van der Waals surface area contributed by atoms with Crippen molar-refractivity contribution in [2.45, 2.75) is 51.7 Å². The highest BCUT2D eigenvalue weighted by Gasteiger charge is 2.30. The Kier molecular flexibility index (Phi) is 5.30. The van der Waals surface area contributed by atoms with E-state index in [0.717, 1.165) is 25.7 Å². The van der Waals surface area contributed by atoms with Crippen molar-refractivity contribution in [2.24, 2.45) is 5.92 Å². The second-order valence-electron chi connectivity index (χ2n) is 5.85. The van der Waals surface area contributed by atoms with Crippen LogP contribution in [0, 0.1) is 5.92 Å². The summed E-state index contributed by atoms with van der Waals surface area (Å²) in [5.74, 6) is -1.15. The van der Waals surface area contributed by atoms with E-state index >= 15 is 0 Å². The number of carbonyl (C=O) groups excluding carboxylic acids is 2. The molecule has 1 saturated carbocycles. The van der Waals surface area contributed by atoms with Crippen molar-refractivity contribution in [1.29, 1.82) is 0 Å². The van der Waals surface area contributed by atoms with E-state index in [9.17, 15) is 9.59 Å². The van der Waals surface area contributed by atoms with Crippen LogP contribution in [0.1, 0.15) is 50.0 Å². The summed E-state index contributed by atoms with van der Waals surface area (Å²) in [6, 6.07) is 0.175. The van der Waals surface area contributed by atoms with E-state index < -0.39 is 12.1 Å². The number of carbonyl (C=O) groups is 2. The Labute approximate surface area is 129 Å². The lowest BCUT2D eigenvalue weighted by atomic mass is 10.1. The molecule has 0 aromatic carbocycles. The van der Waals surface area contributed by atoms with Gasteiger partial charge in [0.15, 0.2) is 17.6 Å². The molecule has 1 amide bonds. The van der Waals surface area contributed by atoms with Gasteiger partial charge >= 0.3 is 5.97 Å². The third-order valence-corrected chi connectivity index (χ3v) is 3.72. The lowest BCUT2D eigenvalue weighted by molar-refractivity contribution is -0.132. The number of ether oxygens (including phenoxy) is 1. The average molecular weight is 306 g/mol. The Hall–Kier alpha value is -2.18. The van der Waals surface area contributed by atoms with Crippen molar-refractivity contribution in [3.8, 4) is 0 Å². The largest absolute Gasteiger partial charge is 0.447 e. The molecule has 1 aromatic heterocycles. The van der Waals surface area contributed by atoms with Gasteiger partial charge in [0.05, 0.1) is 0 Å². The molecule has 1 aromatic rings. The number of nitrogens with two attached hydrogens (primary N) is 1. The number of hydrogen-bond donors (Lipinski definition) is 2. The van der Waals surface area contributed by atoms with Crippen LogP contribution in [-0.2, 0) is 9.53 Å². The van der Waals surface area contributed by atoms with E-state index in [0.29, 0.717) is 0 Å². The Morgan fingerprint density at radius 1 is 1.27 bits per heavy atom. The summed E-state index contributed by atoms with van der Waals surface area (Å²) in [7, 11) is 0. The van der Waals surface area contributed by atoms with Gasteiger partial charge in [-0.05, 0) is 18.8 Å². The van der Waals surface area contributed by atoms with Gasteiger partial charge in [-0.15, -0.1) is 0 Å². The van der Waals surface area contributed by atoms with Gasteiger partial charge in [0, 0.05) is 18.4 Å². The van der Waals surface area contributed by atoms with Crippen molar-refractivity contribution in [3.63, 3.8) is 0 Å². The van der Waals surface area contributed by atoms with Gasteiger partial charge in [0.1, 0.15) is 0 Å². The lowest BCUT2D eigenvalue weighted by Crippen LogP contribution is -2.44. The molecule has 0 bridgehead atoms. The van der Waals surface area contributed by atoms with Crippen LogP contribution in [-0.4, -0.2) is 34.0 Å². The fourth-order valence-electron chi connectivity index (χ4n) is 2.52. The minimum absolute atomic E-state index is 0.00814. The number of hydrogen-bond acceptors (Lipinski definition) is 6. The van der Waals surface area contributed by atoms with Crippen molar-refractivity contribution >= 4 is 17.7 Å². The molecule has 1 aliphatic rings. The number of esters is 1. The monoisotopic (exact) mass is 306 g/mol. The predicted octanol–water partition coefficient (Wildman–Crippen LogP) is 1.30. The Morgan fingerprint density at radius 3 is 2.50 bits per heavy atom. The fraction of sp³-hybridized carbons (Fsp3) is 0.600. The molecule has 0 saturated heterocycles. The van der Waals surface area contributed by atoms with Crippen LogP contribution < -0.4 is 11.1 Å². The second kappa shape index (κ2) is 7.20. The summed E-state index contributed by atoms with van der Waals surface area (Å²) in [6.07, 6.45) is 6.06. The van der Waals surface area contributed by atoms with Crippen LogP contribution in [0.5, 0.6) is 0 Å². The third kappa shape index (κ3) is 3.93. The second-order valence-corrected chi connectivity index (χ2v) is 5.85. The van der Waals surface area contributed by atoms with Crippen molar-refractivity contribution in [2.75, 3.05) is 5.73 Å². The molecule has 1 aliphatic carbocycles. The molecule has 120 valence electrons. The molecule has 2 rings (SSSR count). The van der Waals surface area contributed by atoms with E-state index in [4.69, 9.17) is 10.5 Å². The van der Waals surface area contributed by atoms with E-state index in [1.807, 2.05) is 13.8 Å². The van der Waals surface area contributed by atoms with Crippen molar-refractivity contribution < 1.29 is 14.3 Å². The molecule has 22 heavy (non-hydrogen) atoms. The molecule has 7 heteroatoms. The summed E-state index contributed by atoms with van der Waals surface area (Å²) in [5.41, 5.74) is 5.54. The van der Waals surface area contributed by atoms with E-state index in [2.05, 4.69) is 15.3 Å². The summed E-state index contributed by atoms with van der Waals surface area (Å²) in [5, 5.41) is 2.95. The van der Waals surface area contributed by atoms with Gasteiger partial charge in [0.2, 0.25) is 0 Å². The summed E-state index contributed by atoms with van der Waals surface area (Å²) >= 11 is 0. The van der Waals surface area contributed by atoms with E-state index in [-0.39, 0.29) is 29.4 Å². The maximum absolute atomic E-state index is 12.3. The highest BCUT2D eigenvalue weighted by molar-refractivity contribution is 5.94. The smallest absolute Gasteiger partial charge is 0.361 e. The summed E-state index contributed by atoms with van der Waals surface area (Å²) in [6.45, 7) is 3.65. The number of nitrogens with one attached hydrogen (secondary N) is 1.